The minimum atomic E-state index is -0.926. The van der Waals surface area contributed by atoms with Crippen LogP contribution in [0.5, 0.6) is 0 Å². The number of carbonyl (C=O) groups is 1. The number of hydrazine groups is 1. The summed E-state index contributed by atoms with van der Waals surface area (Å²) < 4.78 is 0. The van der Waals surface area contributed by atoms with Gasteiger partial charge in [-0.15, -0.1) is 0 Å². The molecule has 0 aliphatic carbocycles. The topological polar surface area (TPSA) is 55.8 Å². The fourth-order valence-electron chi connectivity index (χ4n) is 3.01. The van der Waals surface area contributed by atoms with Gasteiger partial charge in [0.25, 0.3) is 0 Å². The second-order valence-electron chi connectivity index (χ2n) is 5.55. The molecule has 1 saturated heterocycles. The van der Waals surface area contributed by atoms with Gasteiger partial charge in [-0.05, 0) is 11.1 Å². The fraction of sp³-hybridized carbons (Fsp3) is 0.278. The van der Waals surface area contributed by atoms with E-state index < -0.39 is 6.09 Å². The van der Waals surface area contributed by atoms with E-state index in [1.807, 2.05) is 65.7 Å². The number of hydrogen-bond donors (Lipinski definition) is 2. The molecule has 3 rings (SSSR count). The molecule has 0 spiro atoms. The maximum Gasteiger partial charge on any atom is 0.422 e. The van der Waals surface area contributed by atoms with Crippen molar-refractivity contribution in [3.63, 3.8) is 0 Å². The molecular weight excluding hydrogens is 290 g/mol. The molecule has 2 aromatic carbocycles. The minimum Gasteiger partial charge on any atom is -0.464 e. The van der Waals surface area contributed by atoms with E-state index in [0.29, 0.717) is 13.1 Å². The molecule has 1 fully saturated rings. The monoisotopic (exact) mass is 311 g/mol. The molecule has 0 saturated carbocycles. The summed E-state index contributed by atoms with van der Waals surface area (Å²) in [4.78, 5) is 12.1. The summed E-state index contributed by atoms with van der Waals surface area (Å²) in [7, 11) is 0. The zero-order chi connectivity index (χ0) is 16.1. The molecule has 2 N–H and O–H groups in total. The lowest BCUT2D eigenvalue weighted by Gasteiger charge is -2.40. The Balaban J connectivity index is 2.03. The van der Waals surface area contributed by atoms with Crippen LogP contribution in [0.1, 0.15) is 17.2 Å². The summed E-state index contributed by atoms with van der Waals surface area (Å²) >= 11 is 0. The van der Waals surface area contributed by atoms with Crippen LogP contribution < -0.4 is 5.32 Å². The van der Waals surface area contributed by atoms with E-state index >= 15 is 0 Å². The first-order chi connectivity index (χ1) is 11.3. The molecule has 120 valence electrons. The highest BCUT2D eigenvalue weighted by atomic mass is 16.4. The SMILES string of the molecule is O=C(O)N(C(c1ccccc1)c1ccccc1)N1CCNCC1. The predicted molar refractivity (Wildman–Crippen MR) is 89.0 cm³/mol. The summed E-state index contributed by atoms with van der Waals surface area (Å²) in [6.45, 7) is 2.95. The summed E-state index contributed by atoms with van der Waals surface area (Å²) in [5.41, 5.74) is 1.94. The number of hydrogen-bond acceptors (Lipinski definition) is 3. The van der Waals surface area contributed by atoms with Gasteiger partial charge >= 0.3 is 6.09 Å². The second-order valence-corrected chi connectivity index (χ2v) is 5.55. The van der Waals surface area contributed by atoms with E-state index in [1.165, 1.54) is 5.01 Å². The third-order valence-corrected chi connectivity index (χ3v) is 4.07. The smallest absolute Gasteiger partial charge is 0.422 e. The van der Waals surface area contributed by atoms with E-state index in [0.717, 1.165) is 24.2 Å². The van der Waals surface area contributed by atoms with Crippen LogP contribution in [0.15, 0.2) is 60.7 Å². The molecule has 5 heteroatoms. The lowest BCUT2D eigenvalue weighted by molar-refractivity contribution is -0.0379. The van der Waals surface area contributed by atoms with Crippen molar-refractivity contribution in [2.45, 2.75) is 6.04 Å². The lowest BCUT2D eigenvalue weighted by Crippen LogP contribution is -2.55. The maximum absolute atomic E-state index is 12.1. The van der Waals surface area contributed by atoms with Crippen molar-refractivity contribution in [1.29, 1.82) is 0 Å². The van der Waals surface area contributed by atoms with Gasteiger partial charge in [0.2, 0.25) is 0 Å². The molecule has 0 atom stereocenters. The molecule has 0 aromatic heterocycles. The molecule has 0 bridgehead atoms. The van der Waals surface area contributed by atoms with Crippen molar-refractivity contribution < 1.29 is 9.90 Å². The summed E-state index contributed by atoms with van der Waals surface area (Å²) in [5.74, 6) is 0. The van der Waals surface area contributed by atoms with Gasteiger partial charge in [-0.1, -0.05) is 60.7 Å². The summed E-state index contributed by atoms with van der Waals surface area (Å²) in [6.07, 6.45) is -0.926. The van der Waals surface area contributed by atoms with Crippen LogP contribution in [0.25, 0.3) is 0 Å². The van der Waals surface area contributed by atoms with Crippen LogP contribution in [-0.2, 0) is 0 Å². The van der Waals surface area contributed by atoms with Crippen LogP contribution in [0.2, 0.25) is 0 Å². The number of piperazine rings is 1. The normalized spacial score (nSPS) is 15.5. The molecule has 0 unspecified atom stereocenters. The molecule has 2 aromatic rings. The number of nitrogens with one attached hydrogen (secondary N) is 1. The van der Waals surface area contributed by atoms with Crippen LogP contribution in [-0.4, -0.2) is 47.4 Å². The second kappa shape index (κ2) is 7.26. The number of carboxylic acid groups (broad SMARTS) is 1. The van der Waals surface area contributed by atoms with Crippen LogP contribution in [0.4, 0.5) is 4.79 Å². The van der Waals surface area contributed by atoms with Crippen molar-refractivity contribution >= 4 is 6.09 Å². The van der Waals surface area contributed by atoms with E-state index in [2.05, 4.69) is 5.32 Å². The number of amides is 1. The first kappa shape index (κ1) is 15.5. The lowest BCUT2D eigenvalue weighted by atomic mass is 9.98. The number of rotatable bonds is 4. The van der Waals surface area contributed by atoms with E-state index in [-0.39, 0.29) is 6.04 Å². The Morgan fingerprint density at radius 1 is 0.957 bits per heavy atom. The highest BCUT2D eigenvalue weighted by molar-refractivity contribution is 5.66. The zero-order valence-electron chi connectivity index (χ0n) is 12.9. The van der Waals surface area contributed by atoms with Gasteiger partial charge in [0.1, 0.15) is 6.04 Å². The van der Waals surface area contributed by atoms with Crippen molar-refractivity contribution in [2.24, 2.45) is 0 Å². The standard InChI is InChI=1S/C18H21N3O2/c22-18(23)21(20-13-11-19-12-14-20)17(15-7-3-1-4-8-15)16-9-5-2-6-10-16/h1-10,17,19H,11-14H2,(H,22,23). The van der Waals surface area contributed by atoms with Gasteiger partial charge in [0.15, 0.2) is 0 Å². The average molecular weight is 311 g/mol. The molecule has 1 aliphatic rings. The minimum absolute atomic E-state index is 0.340. The van der Waals surface area contributed by atoms with E-state index in [1.54, 1.807) is 0 Å². The van der Waals surface area contributed by atoms with Crippen molar-refractivity contribution in [3.05, 3.63) is 71.8 Å². The van der Waals surface area contributed by atoms with Crippen molar-refractivity contribution in [1.82, 2.24) is 15.3 Å². The third kappa shape index (κ3) is 3.52. The molecule has 1 heterocycles. The van der Waals surface area contributed by atoms with Crippen LogP contribution in [0, 0.1) is 0 Å². The molecular formula is C18H21N3O2. The quantitative estimate of drug-likeness (QED) is 0.911. The summed E-state index contributed by atoms with van der Waals surface area (Å²) in [6, 6.07) is 19.3. The largest absolute Gasteiger partial charge is 0.464 e. The molecule has 23 heavy (non-hydrogen) atoms. The Morgan fingerprint density at radius 2 is 1.43 bits per heavy atom. The molecule has 5 nitrogen and oxygen atoms in total. The van der Waals surface area contributed by atoms with Gasteiger partial charge in [-0.2, -0.15) is 0 Å². The molecule has 0 radical (unpaired) electrons. The average Bonchev–Trinajstić information content (AvgIpc) is 2.61. The van der Waals surface area contributed by atoms with Crippen molar-refractivity contribution in [3.8, 4) is 0 Å². The van der Waals surface area contributed by atoms with Gasteiger partial charge in [-0.3, -0.25) is 0 Å². The van der Waals surface area contributed by atoms with Gasteiger partial charge < -0.3 is 10.4 Å². The highest BCUT2D eigenvalue weighted by Crippen LogP contribution is 2.30. The Bertz CT molecular complexity index is 588. The van der Waals surface area contributed by atoms with E-state index in [9.17, 15) is 9.90 Å². The van der Waals surface area contributed by atoms with Gasteiger partial charge in [0, 0.05) is 26.2 Å². The Labute approximate surface area is 136 Å². The predicted octanol–water partition coefficient (Wildman–Crippen LogP) is 2.58. The van der Waals surface area contributed by atoms with Crippen molar-refractivity contribution in [2.75, 3.05) is 26.2 Å². The Hall–Kier alpha value is -2.37. The fourth-order valence-corrected chi connectivity index (χ4v) is 3.01. The number of benzene rings is 2. The first-order valence-corrected chi connectivity index (χ1v) is 7.85. The Kier molecular flexibility index (Phi) is 4.90. The third-order valence-electron chi connectivity index (χ3n) is 4.07. The Morgan fingerprint density at radius 3 is 1.87 bits per heavy atom. The van der Waals surface area contributed by atoms with Gasteiger partial charge in [-0.25, -0.2) is 14.8 Å². The first-order valence-electron chi connectivity index (χ1n) is 7.85. The number of nitrogens with zero attached hydrogens (tertiary/aromatic N) is 2. The zero-order valence-corrected chi connectivity index (χ0v) is 12.9. The maximum atomic E-state index is 12.1. The highest BCUT2D eigenvalue weighted by Gasteiger charge is 2.32. The van der Waals surface area contributed by atoms with Crippen LogP contribution in [0.3, 0.4) is 0 Å². The van der Waals surface area contributed by atoms with Gasteiger partial charge in [0.05, 0.1) is 0 Å². The summed E-state index contributed by atoms with van der Waals surface area (Å²) in [5, 5.41) is 16.5. The van der Waals surface area contributed by atoms with Crippen LogP contribution >= 0.6 is 0 Å². The molecule has 1 aliphatic heterocycles. The van der Waals surface area contributed by atoms with E-state index in [4.69, 9.17) is 0 Å². The molecule has 1 amide bonds.